The Morgan fingerprint density at radius 1 is 0.971 bits per heavy atom. The monoisotopic (exact) mass is 482 g/mol. The van der Waals surface area contributed by atoms with Crippen LogP contribution in [-0.2, 0) is 17.9 Å². The van der Waals surface area contributed by atoms with Crippen molar-refractivity contribution in [3.05, 3.63) is 95.8 Å². The van der Waals surface area contributed by atoms with E-state index in [2.05, 4.69) is 45.1 Å². The summed E-state index contributed by atoms with van der Waals surface area (Å²) >= 11 is 6.28. The lowest BCUT2D eigenvalue weighted by molar-refractivity contribution is -0.133. The molecule has 35 heavy (non-hydrogen) atoms. The molecule has 0 aliphatic heterocycles. The molecule has 1 amide bonds. The zero-order valence-electron chi connectivity index (χ0n) is 19.0. The maximum absolute atomic E-state index is 13.6. The van der Waals surface area contributed by atoms with Crippen LogP contribution in [0.5, 0.6) is 0 Å². The van der Waals surface area contributed by atoms with Crippen LogP contribution in [0.25, 0.3) is 33.6 Å². The first-order valence-corrected chi connectivity index (χ1v) is 12.1. The summed E-state index contributed by atoms with van der Waals surface area (Å²) < 4.78 is 8.00. The number of halogens is 1. The molecule has 1 fully saturated rings. The molecule has 6 nitrogen and oxygen atoms in total. The van der Waals surface area contributed by atoms with Crippen LogP contribution in [0, 0.1) is 0 Å². The lowest BCUT2D eigenvalue weighted by Gasteiger charge is -2.22. The minimum Gasteiger partial charge on any atom is -0.419 e. The van der Waals surface area contributed by atoms with Gasteiger partial charge in [-0.15, -0.1) is 10.2 Å². The number of carbonyl (C=O) groups is 1. The molecule has 0 bridgehead atoms. The van der Waals surface area contributed by atoms with Gasteiger partial charge >= 0.3 is 0 Å². The Bertz CT molecular complexity index is 1500. The fourth-order valence-corrected chi connectivity index (χ4v) is 4.69. The standard InChI is InChI=1S/C28H23ClN4O2/c29-23-12-6-5-11-22(23)28-31-30-26(35-28)17-32(21-14-15-21)27(34)18-33-24-13-7-4-10-20(24)16-25(33)19-8-2-1-3-9-19/h1-13,16,21H,14-15,17-18H2. The quantitative estimate of drug-likeness (QED) is 0.277. The van der Waals surface area contributed by atoms with Crippen LogP contribution in [0.2, 0.25) is 5.02 Å². The number of benzene rings is 3. The van der Waals surface area contributed by atoms with E-state index in [-0.39, 0.29) is 25.0 Å². The van der Waals surface area contributed by atoms with E-state index in [0.717, 1.165) is 35.0 Å². The number of fused-ring (bicyclic) bond motifs is 1. The number of para-hydroxylation sites is 1. The minimum atomic E-state index is 0.0310. The number of amides is 1. The smallest absolute Gasteiger partial charge is 0.249 e. The number of rotatable bonds is 7. The van der Waals surface area contributed by atoms with Gasteiger partial charge in [0.05, 0.1) is 17.1 Å². The Balaban J connectivity index is 1.29. The molecule has 3 aromatic carbocycles. The van der Waals surface area contributed by atoms with Gasteiger partial charge in [-0.25, -0.2) is 0 Å². The molecule has 1 saturated carbocycles. The summed E-state index contributed by atoms with van der Waals surface area (Å²) in [6.45, 7) is 0.514. The van der Waals surface area contributed by atoms with Gasteiger partial charge in [-0.05, 0) is 42.7 Å². The molecule has 5 aromatic rings. The number of hydrogen-bond acceptors (Lipinski definition) is 4. The van der Waals surface area contributed by atoms with Gasteiger partial charge in [0, 0.05) is 22.6 Å². The second-order valence-corrected chi connectivity index (χ2v) is 9.18. The largest absolute Gasteiger partial charge is 0.419 e. The first kappa shape index (κ1) is 21.6. The van der Waals surface area contributed by atoms with Crippen molar-refractivity contribution in [1.82, 2.24) is 19.7 Å². The first-order valence-electron chi connectivity index (χ1n) is 11.7. The molecule has 2 aromatic heterocycles. The average molecular weight is 483 g/mol. The van der Waals surface area contributed by atoms with Crippen LogP contribution >= 0.6 is 11.6 Å². The average Bonchev–Trinajstić information content (AvgIpc) is 3.51. The van der Waals surface area contributed by atoms with Gasteiger partial charge in [0.25, 0.3) is 0 Å². The van der Waals surface area contributed by atoms with Crippen LogP contribution < -0.4 is 0 Å². The number of aromatic nitrogens is 3. The van der Waals surface area contributed by atoms with Gasteiger partial charge in [-0.3, -0.25) is 4.79 Å². The normalized spacial score (nSPS) is 13.3. The van der Waals surface area contributed by atoms with Gasteiger partial charge in [-0.2, -0.15) is 0 Å². The molecular weight excluding hydrogens is 460 g/mol. The number of hydrogen-bond donors (Lipinski definition) is 0. The van der Waals surface area contributed by atoms with Crippen molar-refractivity contribution in [2.24, 2.45) is 0 Å². The fourth-order valence-electron chi connectivity index (χ4n) is 4.47. The molecule has 1 aliphatic rings. The van der Waals surface area contributed by atoms with Crippen molar-refractivity contribution in [2.45, 2.75) is 32.0 Å². The van der Waals surface area contributed by atoms with E-state index < -0.39 is 0 Å². The van der Waals surface area contributed by atoms with Crippen LogP contribution in [0.15, 0.2) is 89.3 Å². The third kappa shape index (κ3) is 4.33. The van der Waals surface area contributed by atoms with Crippen LogP contribution in [0.1, 0.15) is 18.7 Å². The van der Waals surface area contributed by atoms with Crippen molar-refractivity contribution >= 4 is 28.4 Å². The van der Waals surface area contributed by atoms with E-state index in [1.165, 1.54) is 0 Å². The zero-order valence-corrected chi connectivity index (χ0v) is 19.7. The Kier molecular flexibility index (Phi) is 5.58. The fraction of sp³-hybridized carbons (Fsp3) is 0.179. The van der Waals surface area contributed by atoms with E-state index in [0.29, 0.717) is 22.4 Å². The van der Waals surface area contributed by atoms with Crippen molar-refractivity contribution < 1.29 is 9.21 Å². The van der Waals surface area contributed by atoms with Crippen LogP contribution in [0.3, 0.4) is 0 Å². The van der Waals surface area contributed by atoms with E-state index in [9.17, 15) is 4.79 Å². The van der Waals surface area contributed by atoms with E-state index in [4.69, 9.17) is 16.0 Å². The molecule has 6 rings (SSSR count). The number of carbonyl (C=O) groups excluding carboxylic acids is 1. The van der Waals surface area contributed by atoms with Gasteiger partial charge in [0.2, 0.25) is 17.7 Å². The van der Waals surface area contributed by atoms with Crippen LogP contribution in [-0.4, -0.2) is 31.6 Å². The Hall–Kier alpha value is -3.90. The molecular formula is C28H23ClN4O2. The molecule has 0 spiro atoms. The van der Waals surface area contributed by atoms with E-state index >= 15 is 0 Å². The Morgan fingerprint density at radius 3 is 2.51 bits per heavy atom. The minimum absolute atomic E-state index is 0.0310. The van der Waals surface area contributed by atoms with Gasteiger partial charge < -0.3 is 13.9 Å². The third-order valence-corrected chi connectivity index (χ3v) is 6.69. The highest BCUT2D eigenvalue weighted by atomic mass is 35.5. The van der Waals surface area contributed by atoms with Crippen molar-refractivity contribution in [2.75, 3.05) is 0 Å². The summed E-state index contributed by atoms with van der Waals surface area (Å²) in [6, 6.07) is 28.0. The van der Waals surface area contributed by atoms with E-state index in [1.54, 1.807) is 6.07 Å². The molecule has 7 heteroatoms. The van der Waals surface area contributed by atoms with Gasteiger partial charge in [-0.1, -0.05) is 72.3 Å². The maximum atomic E-state index is 13.6. The molecule has 0 saturated heterocycles. The van der Waals surface area contributed by atoms with Gasteiger partial charge in [0.15, 0.2) is 0 Å². The Morgan fingerprint density at radius 2 is 1.71 bits per heavy atom. The van der Waals surface area contributed by atoms with Crippen LogP contribution in [0.4, 0.5) is 0 Å². The third-order valence-electron chi connectivity index (χ3n) is 6.36. The summed E-state index contributed by atoms with van der Waals surface area (Å²) in [4.78, 5) is 15.5. The van der Waals surface area contributed by atoms with Crippen molar-refractivity contribution in [1.29, 1.82) is 0 Å². The highest BCUT2D eigenvalue weighted by molar-refractivity contribution is 6.33. The molecule has 0 unspecified atom stereocenters. The SMILES string of the molecule is O=C(Cn1c(-c2ccccc2)cc2ccccc21)N(Cc1nnc(-c2ccccc2Cl)o1)C1CC1. The topological polar surface area (TPSA) is 64.2 Å². The molecule has 0 N–H and O–H groups in total. The first-order chi connectivity index (χ1) is 17.2. The summed E-state index contributed by atoms with van der Waals surface area (Å²) in [5.74, 6) is 0.793. The zero-order chi connectivity index (χ0) is 23.8. The second-order valence-electron chi connectivity index (χ2n) is 8.77. The summed E-state index contributed by atoms with van der Waals surface area (Å²) in [5, 5.41) is 10.0. The van der Waals surface area contributed by atoms with Gasteiger partial charge in [0.1, 0.15) is 6.54 Å². The van der Waals surface area contributed by atoms with Crippen molar-refractivity contribution in [3.63, 3.8) is 0 Å². The van der Waals surface area contributed by atoms with Crippen molar-refractivity contribution in [3.8, 4) is 22.7 Å². The van der Waals surface area contributed by atoms with E-state index in [1.807, 2.05) is 53.4 Å². The summed E-state index contributed by atoms with van der Waals surface area (Å²) in [7, 11) is 0. The molecule has 174 valence electrons. The molecule has 0 radical (unpaired) electrons. The Labute approximate surface area is 207 Å². The molecule has 0 atom stereocenters. The number of nitrogens with zero attached hydrogens (tertiary/aromatic N) is 4. The summed E-state index contributed by atoms with van der Waals surface area (Å²) in [6.07, 6.45) is 1.96. The highest BCUT2D eigenvalue weighted by Crippen LogP contribution is 2.32. The predicted octanol–water partition coefficient (Wildman–Crippen LogP) is 6.20. The lowest BCUT2D eigenvalue weighted by Crippen LogP contribution is -2.35. The predicted molar refractivity (Wildman–Crippen MR) is 136 cm³/mol. The second kappa shape index (κ2) is 9.04. The summed E-state index contributed by atoms with van der Waals surface area (Å²) in [5.41, 5.74) is 3.82. The molecule has 2 heterocycles. The maximum Gasteiger partial charge on any atom is 0.249 e. The molecule has 1 aliphatic carbocycles. The highest BCUT2D eigenvalue weighted by Gasteiger charge is 2.34. The lowest BCUT2D eigenvalue weighted by atomic mass is 10.1.